The van der Waals surface area contributed by atoms with Crippen molar-refractivity contribution in [3.8, 4) is 0 Å². The lowest BCUT2D eigenvalue weighted by molar-refractivity contribution is 0.00791. The van der Waals surface area contributed by atoms with Gasteiger partial charge in [-0.3, -0.25) is 0 Å². The standard InChI is InChI=1S/C10H23NO3/c1-8(2)10(3,13)7-11-5-9(12)6-14-4/h8-9,11-13H,5-7H2,1-4H3. The smallest absolute Gasteiger partial charge is 0.0897 e. The van der Waals surface area contributed by atoms with Crippen LogP contribution in [0.1, 0.15) is 20.8 Å². The Balaban J connectivity index is 3.62. The Morgan fingerprint density at radius 3 is 2.43 bits per heavy atom. The number of ether oxygens (including phenoxy) is 1. The van der Waals surface area contributed by atoms with E-state index in [4.69, 9.17) is 4.74 Å². The summed E-state index contributed by atoms with van der Waals surface area (Å²) in [6.07, 6.45) is -0.511. The van der Waals surface area contributed by atoms with Crippen LogP contribution in [0.4, 0.5) is 0 Å². The summed E-state index contributed by atoms with van der Waals surface area (Å²) in [5, 5.41) is 22.2. The van der Waals surface area contributed by atoms with Crippen LogP contribution in [0.25, 0.3) is 0 Å². The van der Waals surface area contributed by atoms with Crippen molar-refractivity contribution in [2.75, 3.05) is 26.8 Å². The van der Waals surface area contributed by atoms with Gasteiger partial charge in [0.2, 0.25) is 0 Å². The SMILES string of the molecule is COCC(O)CNCC(C)(O)C(C)C. The number of hydrogen-bond acceptors (Lipinski definition) is 4. The molecule has 0 radical (unpaired) electrons. The molecule has 0 aliphatic carbocycles. The largest absolute Gasteiger partial charge is 0.389 e. The quantitative estimate of drug-likeness (QED) is 0.547. The molecule has 4 nitrogen and oxygen atoms in total. The Morgan fingerprint density at radius 2 is 2.00 bits per heavy atom. The third-order valence-electron chi connectivity index (χ3n) is 2.47. The van der Waals surface area contributed by atoms with E-state index in [1.807, 2.05) is 13.8 Å². The summed E-state index contributed by atoms with van der Waals surface area (Å²) in [5.41, 5.74) is -0.729. The second kappa shape index (κ2) is 6.35. The van der Waals surface area contributed by atoms with Crippen molar-refractivity contribution >= 4 is 0 Å². The Kier molecular flexibility index (Phi) is 6.27. The summed E-state index contributed by atoms with van der Waals surface area (Å²) in [6.45, 7) is 6.95. The van der Waals surface area contributed by atoms with Gasteiger partial charge in [-0.2, -0.15) is 0 Å². The summed E-state index contributed by atoms with van der Waals surface area (Å²) in [6, 6.07) is 0. The average Bonchev–Trinajstić information content (AvgIpc) is 2.04. The number of rotatable bonds is 7. The summed E-state index contributed by atoms with van der Waals surface area (Å²) in [4.78, 5) is 0. The van der Waals surface area contributed by atoms with Gasteiger partial charge in [-0.25, -0.2) is 0 Å². The van der Waals surface area contributed by atoms with E-state index in [-0.39, 0.29) is 5.92 Å². The molecule has 0 saturated heterocycles. The van der Waals surface area contributed by atoms with Crippen LogP contribution in [0.3, 0.4) is 0 Å². The second-order valence-corrected chi connectivity index (χ2v) is 4.25. The first kappa shape index (κ1) is 13.8. The van der Waals surface area contributed by atoms with Crippen LogP contribution >= 0.6 is 0 Å². The normalized spacial score (nSPS) is 18.2. The predicted molar refractivity (Wildman–Crippen MR) is 56.2 cm³/mol. The number of aliphatic hydroxyl groups excluding tert-OH is 1. The van der Waals surface area contributed by atoms with Crippen molar-refractivity contribution in [3.63, 3.8) is 0 Å². The van der Waals surface area contributed by atoms with Crippen molar-refractivity contribution < 1.29 is 14.9 Å². The molecular weight excluding hydrogens is 182 g/mol. The molecule has 0 fully saturated rings. The molecule has 2 unspecified atom stereocenters. The van der Waals surface area contributed by atoms with E-state index >= 15 is 0 Å². The highest BCUT2D eigenvalue weighted by atomic mass is 16.5. The second-order valence-electron chi connectivity index (χ2n) is 4.25. The molecule has 2 atom stereocenters. The van der Waals surface area contributed by atoms with Gasteiger partial charge in [0, 0.05) is 20.2 Å². The summed E-state index contributed by atoms with van der Waals surface area (Å²) < 4.78 is 4.78. The van der Waals surface area contributed by atoms with Gasteiger partial charge in [-0.15, -0.1) is 0 Å². The van der Waals surface area contributed by atoms with E-state index in [1.165, 1.54) is 0 Å². The zero-order valence-corrected chi connectivity index (χ0v) is 9.58. The Labute approximate surface area is 86.3 Å². The summed E-state index contributed by atoms with van der Waals surface area (Å²) in [5.74, 6) is 0.189. The van der Waals surface area contributed by atoms with Gasteiger partial charge in [0.15, 0.2) is 0 Å². The summed E-state index contributed by atoms with van der Waals surface area (Å²) >= 11 is 0. The molecule has 0 aromatic heterocycles. The van der Waals surface area contributed by atoms with Crippen LogP contribution in [-0.4, -0.2) is 48.7 Å². The van der Waals surface area contributed by atoms with E-state index in [0.29, 0.717) is 19.7 Å². The summed E-state index contributed by atoms with van der Waals surface area (Å²) in [7, 11) is 1.55. The van der Waals surface area contributed by atoms with Gasteiger partial charge >= 0.3 is 0 Å². The molecule has 0 spiro atoms. The molecule has 3 N–H and O–H groups in total. The lowest BCUT2D eigenvalue weighted by Gasteiger charge is -2.28. The maximum atomic E-state index is 9.86. The molecule has 0 heterocycles. The first-order chi connectivity index (χ1) is 6.40. The maximum Gasteiger partial charge on any atom is 0.0897 e. The topological polar surface area (TPSA) is 61.7 Å². The fourth-order valence-electron chi connectivity index (χ4n) is 0.947. The van der Waals surface area contributed by atoms with Gasteiger partial charge in [0.1, 0.15) is 0 Å². The van der Waals surface area contributed by atoms with Crippen LogP contribution in [0.2, 0.25) is 0 Å². The van der Waals surface area contributed by atoms with Gasteiger partial charge in [0.05, 0.1) is 18.3 Å². The number of nitrogens with one attached hydrogen (secondary N) is 1. The van der Waals surface area contributed by atoms with E-state index in [2.05, 4.69) is 5.32 Å². The van der Waals surface area contributed by atoms with Crippen molar-refractivity contribution in [1.82, 2.24) is 5.32 Å². The average molecular weight is 205 g/mol. The Morgan fingerprint density at radius 1 is 1.43 bits per heavy atom. The zero-order chi connectivity index (χ0) is 11.2. The van der Waals surface area contributed by atoms with Gasteiger partial charge in [-0.05, 0) is 12.8 Å². The molecule has 0 aliphatic heterocycles. The van der Waals surface area contributed by atoms with Crippen LogP contribution < -0.4 is 5.32 Å². The Bertz CT molecular complexity index is 148. The third-order valence-corrected chi connectivity index (χ3v) is 2.47. The zero-order valence-electron chi connectivity index (χ0n) is 9.58. The number of methoxy groups -OCH3 is 1. The number of hydrogen-bond donors (Lipinski definition) is 3. The third kappa shape index (κ3) is 5.54. The molecule has 0 aromatic rings. The van der Waals surface area contributed by atoms with E-state index in [1.54, 1.807) is 14.0 Å². The monoisotopic (exact) mass is 205 g/mol. The van der Waals surface area contributed by atoms with Crippen molar-refractivity contribution in [2.45, 2.75) is 32.5 Å². The first-order valence-electron chi connectivity index (χ1n) is 5.00. The van der Waals surface area contributed by atoms with Crippen LogP contribution in [0.5, 0.6) is 0 Å². The highest BCUT2D eigenvalue weighted by Gasteiger charge is 2.24. The van der Waals surface area contributed by atoms with Crippen molar-refractivity contribution in [1.29, 1.82) is 0 Å². The molecule has 4 heteroatoms. The Hall–Kier alpha value is -0.160. The highest BCUT2D eigenvalue weighted by molar-refractivity contribution is 4.79. The van der Waals surface area contributed by atoms with Crippen LogP contribution in [-0.2, 0) is 4.74 Å². The minimum Gasteiger partial charge on any atom is -0.389 e. The molecule has 14 heavy (non-hydrogen) atoms. The molecule has 0 saturated carbocycles. The molecule has 0 aliphatic rings. The van der Waals surface area contributed by atoms with Crippen molar-refractivity contribution in [2.24, 2.45) is 5.92 Å². The van der Waals surface area contributed by atoms with Gasteiger partial charge < -0.3 is 20.3 Å². The lowest BCUT2D eigenvalue weighted by Crippen LogP contribution is -2.44. The molecule has 86 valence electrons. The predicted octanol–water partition coefficient (Wildman–Crippen LogP) is -0.00970. The molecule has 0 rings (SSSR count). The molecular formula is C10H23NO3. The van der Waals surface area contributed by atoms with Gasteiger partial charge in [0.25, 0.3) is 0 Å². The minimum atomic E-state index is -0.729. The molecule has 0 amide bonds. The molecule has 0 bridgehead atoms. The fourth-order valence-corrected chi connectivity index (χ4v) is 0.947. The van der Waals surface area contributed by atoms with E-state index in [0.717, 1.165) is 0 Å². The van der Waals surface area contributed by atoms with E-state index < -0.39 is 11.7 Å². The van der Waals surface area contributed by atoms with E-state index in [9.17, 15) is 10.2 Å². The fraction of sp³-hybridized carbons (Fsp3) is 1.00. The van der Waals surface area contributed by atoms with Gasteiger partial charge in [-0.1, -0.05) is 13.8 Å². The lowest BCUT2D eigenvalue weighted by atomic mass is 9.92. The maximum absolute atomic E-state index is 9.86. The highest BCUT2D eigenvalue weighted by Crippen LogP contribution is 2.14. The number of aliphatic hydroxyl groups is 2. The molecule has 0 aromatic carbocycles. The minimum absolute atomic E-state index is 0.189. The van der Waals surface area contributed by atoms with Crippen LogP contribution in [0.15, 0.2) is 0 Å². The van der Waals surface area contributed by atoms with Crippen LogP contribution in [0, 0.1) is 5.92 Å². The first-order valence-corrected chi connectivity index (χ1v) is 5.00. The van der Waals surface area contributed by atoms with Crippen molar-refractivity contribution in [3.05, 3.63) is 0 Å².